The molecule has 2 aromatic carbocycles. The summed E-state index contributed by atoms with van der Waals surface area (Å²) in [4.78, 5) is 29.6. The molecule has 0 bridgehead atoms. The van der Waals surface area contributed by atoms with Crippen LogP contribution in [0.3, 0.4) is 0 Å². The average molecular weight is 409 g/mol. The van der Waals surface area contributed by atoms with Crippen LogP contribution in [0.25, 0.3) is 0 Å². The van der Waals surface area contributed by atoms with Crippen molar-refractivity contribution in [3.63, 3.8) is 0 Å². The number of carbonyl (C=O) groups is 2. The zero-order valence-corrected chi connectivity index (χ0v) is 18.4. The maximum atomic E-state index is 13.5. The Kier molecular flexibility index (Phi) is 8.22. The van der Waals surface area contributed by atoms with Crippen molar-refractivity contribution in [1.82, 2.24) is 9.80 Å². The van der Waals surface area contributed by atoms with Gasteiger partial charge in [0.1, 0.15) is 11.6 Å². The maximum Gasteiger partial charge on any atom is 0.411 e. The van der Waals surface area contributed by atoms with E-state index in [1.165, 1.54) is 4.90 Å². The van der Waals surface area contributed by atoms with Gasteiger partial charge in [-0.15, -0.1) is 6.58 Å². The number of amides is 2. The Bertz CT molecular complexity index is 828. The van der Waals surface area contributed by atoms with E-state index in [0.717, 1.165) is 11.1 Å². The Hall–Kier alpha value is -3.08. The van der Waals surface area contributed by atoms with Crippen molar-refractivity contribution in [1.29, 1.82) is 0 Å². The van der Waals surface area contributed by atoms with Gasteiger partial charge in [-0.05, 0) is 31.9 Å². The van der Waals surface area contributed by atoms with E-state index >= 15 is 0 Å². The molecule has 0 aliphatic heterocycles. The standard InChI is InChI=1S/C25H32N2O3/c1-6-17-27(24(29)30-25(2,3)4)22(18-20-13-9-7-10-14-20)23(28)26(5)19-21-15-11-8-12-16-21/h6-16,22H,1,17-19H2,2-5H3. The number of likely N-dealkylation sites (N-methyl/N-ethyl adjacent to an activating group) is 1. The minimum atomic E-state index is -0.700. The molecule has 0 fully saturated rings. The van der Waals surface area contributed by atoms with Gasteiger partial charge in [0.15, 0.2) is 0 Å². The van der Waals surface area contributed by atoms with Crippen LogP contribution in [0.2, 0.25) is 0 Å². The van der Waals surface area contributed by atoms with Crippen LogP contribution >= 0.6 is 0 Å². The highest BCUT2D eigenvalue weighted by Crippen LogP contribution is 2.18. The molecular formula is C25H32N2O3. The second-order valence-electron chi connectivity index (χ2n) is 8.31. The predicted octanol–water partition coefficient (Wildman–Crippen LogP) is 4.68. The summed E-state index contributed by atoms with van der Waals surface area (Å²) in [6, 6.07) is 18.8. The molecule has 1 atom stereocenters. The van der Waals surface area contributed by atoms with E-state index in [9.17, 15) is 9.59 Å². The van der Waals surface area contributed by atoms with Gasteiger partial charge in [0.2, 0.25) is 5.91 Å². The third kappa shape index (κ3) is 7.07. The van der Waals surface area contributed by atoms with Gasteiger partial charge in [-0.1, -0.05) is 66.7 Å². The molecule has 0 radical (unpaired) electrons. The van der Waals surface area contributed by atoms with E-state index in [-0.39, 0.29) is 12.5 Å². The molecule has 160 valence electrons. The molecule has 0 N–H and O–H groups in total. The quantitative estimate of drug-likeness (QED) is 0.596. The summed E-state index contributed by atoms with van der Waals surface area (Å²) in [7, 11) is 1.76. The summed E-state index contributed by atoms with van der Waals surface area (Å²) in [5.74, 6) is -0.143. The third-order valence-electron chi connectivity index (χ3n) is 4.53. The van der Waals surface area contributed by atoms with Crippen molar-refractivity contribution >= 4 is 12.0 Å². The highest BCUT2D eigenvalue weighted by atomic mass is 16.6. The molecule has 2 aromatic rings. The van der Waals surface area contributed by atoms with Crippen molar-refractivity contribution in [3.8, 4) is 0 Å². The van der Waals surface area contributed by atoms with E-state index in [2.05, 4.69) is 6.58 Å². The second kappa shape index (κ2) is 10.6. The van der Waals surface area contributed by atoms with Crippen LogP contribution < -0.4 is 0 Å². The highest BCUT2D eigenvalue weighted by Gasteiger charge is 2.34. The van der Waals surface area contributed by atoms with Crippen LogP contribution in [0.15, 0.2) is 73.3 Å². The Morgan fingerprint density at radius 3 is 2.03 bits per heavy atom. The monoisotopic (exact) mass is 408 g/mol. The van der Waals surface area contributed by atoms with Gasteiger partial charge in [-0.3, -0.25) is 9.69 Å². The number of benzene rings is 2. The van der Waals surface area contributed by atoms with E-state index < -0.39 is 17.7 Å². The van der Waals surface area contributed by atoms with E-state index in [4.69, 9.17) is 4.74 Å². The normalized spacial score (nSPS) is 12.0. The lowest BCUT2D eigenvalue weighted by molar-refractivity contribution is -0.136. The molecular weight excluding hydrogens is 376 g/mol. The zero-order valence-electron chi connectivity index (χ0n) is 18.4. The SMILES string of the molecule is C=CCN(C(=O)OC(C)(C)C)C(Cc1ccccc1)C(=O)N(C)Cc1ccccc1. The fraction of sp³-hybridized carbons (Fsp3) is 0.360. The molecule has 2 rings (SSSR count). The van der Waals surface area contributed by atoms with Crippen molar-refractivity contribution in [2.45, 2.75) is 45.4 Å². The number of carbonyl (C=O) groups excluding carboxylic acids is 2. The van der Waals surface area contributed by atoms with Gasteiger partial charge >= 0.3 is 6.09 Å². The third-order valence-corrected chi connectivity index (χ3v) is 4.53. The van der Waals surface area contributed by atoms with Gasteiger partial charge in [0, 0.05) is 26.6 Å². The Morgan fingerprint density at radius 2 is 1.53 bits per heavy atom. The lowest BCUT2D eigenvalue weighted by Gasteiger charge is -2.34. The molecule has 5 heteroatoms. The van der Waals surface area contributed by atoms with Gasteiger partial charge in [-0.2, -0.15) is 0 Å². The van der Waals surface area contributed by atoms with Crippen LogP contribution in [-0.2, 0) is 22.5 Å². The minimum Gasteiger partial charge on any atom is -0.444 e. The lowest BCUT2D eigenvalue weighted by Crippen LogP contribution is -2.52. The van der Waals surface area contributed by atoms with Crippen molar-refractivity contribution in [2.75, 3.05) is 13.6 Å². The molecule has 0 aliphatic carbocycles. The van der Waals surface area contributed by atoms with Gasteiger partial charge in [0.05, 0.1) is 0 Å². The average Bonchev–Trinajstić information content (AvgIpc) is 2.70. The highest BCUT2D eigenvalue weighted by molar-refractivity contribution is 5.86. The summed E-state index contributed by atoms with van der Waals surface area (Å²) in [5.41, 5.74) is 1.34. The second-order valence-corrected chi connectivity index (χ2v) is 8.31. The lowest BCUT2D eigenvalue weighted by atomic mass is 10.0. The minimum absolute atomic E-state index is 0.143. The molecule has 2 amide bonds. The number of nitrogens with zero attached hydrogens (tertiary/aromatic N) is 2. The smallest absolute Gasteiger partial charge is 0.411 e. The van der Waals surface area contributed by atoms with E-state index in [1.807, 2.05) is 81.4 Å². The first kappa shape index (κ1) is 23.2. The summed E-state index contributed by atoms with van der Waals surface area (Å²) in [6.07, 6.45) is 1.49. The number of ether oxygens (including phenoxy) is 1. The molecule has 0 heterocycles. The summed E-state index contributed by atoms with van der Waals surface area (Å²) in [5, 5.41) is 0. The first-order valence-electron chi connectivity index (χ1n) is 10.1. The van der Waals surface area contributed by atoms with E-state index in [1.54, 1.807) is 18.0 Å². The fourth-order valence-electron chi connectivity index (χ4n) is 3.15. The van der Waals surface area contributed by atoms with Crippen molar-refractivity contribution in [3.05, 3.63) is 84.4 Å². The fourth-order valence-corrected chi connectivity index (χ4v) is 3.15. The topological polar surface area (TPSA) is 49.9 Å². The summed E-state index contributed by atoms with van der Waals surface area (Å²) >= 11 is 0. The summed E-state index contributed by atoms with van der Waals surface area (Å²) in [6.45, 7) is 9.88. The molecule has 30 heavy (non-hydrogen) atoms. The zero-order chi connectivity index (χ0) is 22.1. The molecule has 0 aromatic heterocycles. The first-order chi connectivity index (χ1) is 14.2. The molecule has 0 saturated carbocycles. The van der Waals surface area contributed by atoms with Crippen LogP contribution in [0.1, 0.15) is 31.9 Å². The Labute approximate surface area is 179 Å². The molecule has 0 aliphatic rings. The maximum absolute atomic E-state index is 13.5. The Balaban J connectivity index is 2.32. The van der Waals surface area contributed by atoms with Crippen molar-refractivity contribution < 1.29 is 14.3 Å². The van der Waals surface area contributed by atoms with Crippen LogP contribution in [0.5, 0.6) is 0 Å². The largest absolute Gasteiger partial charge is 0.444 e. The Morgan fingerprint density at radius 1 is 1.00 bits per heavy atom. The van der Waals surface area contributed by atoms with E-state index in [0.29, 0.717) is 13.0 Å². The number of hydrogen-bond donors (Lipinski definition) is 0. The van der Waals surface area contributed by atoms with Crippen LogP contribution in [-0.4, -0.2) is 47.0 Å². The molecule has 0 saturated heterocycles. The van der Waals surface area contributed by atoms with Crippen molar-refractivity contribution in [2.24, 2.45) is 0 Å². The van der Waals surface area contributed by atoms with Crippen LogP contribution in [0, 0.1) is 0 Å². The first-order valence-corrected chi connectivity index (χ1v) is 10.1. The van der Waals surface area contributed by atoms with Gasteiger partial charge < -0.3 is 9.64 Å². The molecule has 5 nitrogen and oxygen atoms in total. The van der Waals surface area contributed by atoms with Gasteiger partial charge in [0.25, 0.3) is 0 Å². The molecule has 1 unspecified atom stereocenters. The van der Waals surface area contributed by atoms with Gasteiger partial charge in [-0.25, -0.2) is 4.79 Å². The summed E-state index contributed by atoms with van der Waals surface area (Å²) < 4.78 is 5.59. The predicted molar refractivity (Wildman–Crippen MR) is 120 cm³/mol. The number of rotatable bonds is 8. The molecule has 0 spiro atoms. The van der Waals surface area contributed by atoms with Crippen LogP contribution in [0.4, 0.5) is 4.79 Å². The number of hydrogen-bond acceptors (Lipinski definition) is 3.